The summed E-state index contributed by atoms with van der Waals surface area (Å²) in [6.07, 6.45) is 0. The molecule has 0 bridgehead atoms. The normalized spacial score (nSPS) is 11.6. The van der Waals surface area contributed by atoms with Crippen molar-refractivity contribution in [2.45, 2.75) is 11.4 Å². The highest BCUT2D eigenvalue weighted by molar-refractivity contribution is 7.89. The third kappa shape index (κ3) is 3.56. The summed E-state index contributed by atoms with van der Waals surface area (Å²) in [5.41, 5.74) is 1.84. The van der Waals surface area contributed by atoms with E-state index in [0.717, 1.165) is 11.6 Å². The van der Waals surface area contributed by atoms with E-state index in [1.165, 1.54) is 17.4 Å². The number of aromatic hydroxyl groups is 2. The van der Waals surface area contributed by atoms with Crippen LogP contribution >= 0.6 is 0 Å². The molecule has 0 amide bonds. The van der Waals surface area contributed by atoms with Gasteiger partial charge in [0.2, 0.25) is 10.0 Å². The number of rotatable bonds is 5. The van der Waals surface area contributed by atoms with Crippen molar-refractivity contribution >= 4 is 10.0 Å². The fourth-order valence-corrected chi connectivity index (χ4v) is 3.95. The summed E-state index contributed by atoms with van der Waals surface area (Å²) in [5.74, 6) is -0.666. The first-order valence-corrected chi connectivity index (χ1v) is 9.45. The Bertz CT molecular complexity index is 1000. The van der Waals surface area contributed by atoms with Gasteiger partial charge in [-0.2, -0.15) is 4.31 Å². The largest absolute Gasteiger partial charge is 0.507 e. The van der Waals surface area contributed by atoms with Crippen LogP contribution < -0.4 is 0 Å². The molecule has 0 saturated heterocycles. The van der Waals surface area contributed by atoms with Crippen LogP contribution in [0.3, 0.4) is 0 Å². The van der Waals surface area contributed by atoms with Crippen molar-refractivity contribution in [3.05, 3.63) is 78.4 Å². The van der Waals surface area contributed by atoms with Gasteiger partial charge >= 0.3 is 0 Å². The second kappa shape index (κ2) is 7.19. The summed E-state index contributed by atoms with van der Waals surface area (Å²) in [6, 6.07) is 20.5. The lowest BCUT2D eigenvalue weighted by molar-refractivity contribution is 0.430. The molecular weight excluding hydrogens is 350 g/mol. The van der Waals surface area contributed by atoms with Crippen LogP contribution in [-0.4, -0.2) is 30.0 Å². The Kier molecular flexibility index (Phi) is 4.97. The van der Waals surface area contributed by atoms with Crippen molar-refractivity contribution in [1.29, 1.82) is 0 Å². The van der Waals surface area contributed by atoms with E-state index in [1.807, 2.05) is 36.4 Å². The summed E-state index contributed by atoms with van der Waals surface area (Å²) < 4.78 is 27.0. The number of nitrogens with zero attached hydrogens (tertiary/aromatic N) is 1. The summed E-state index contributed by atoms with van der Waals surface area (Å²) in [4.78, 5) is -0.243. The van der Waals surface area contributed by atoms with Gasteiger partial charge < -0.3 is 10.2 Å². The highest BCUT2D eigenvalue weighted by Crippen LogP contribution is 2.37. The summed E-state index contributed by atoms with van der Waals surface area (Å²) >= 11 is 0. The van der Waals surface area contributed by atoms with Crippen LogP contribution in [0.25, 0.3) is 11.1 Å². The Hall–Kier alpha value is -2.83. The van der Waals surface area contributed by atoms with Gasteiger partial charge in [-0.15, -0.1) is 0 Å². The molecule has 6 heteroatoms. The van der Waals surface area contributed by atoms with Gasteiger partial charge in [0.25, 0.3) is 0 Å². The standard InChI is InChI=1S/C20H19NO4S/c1-21(14-15-8-4-2-5-9-15)26(24,25)20-12-17(18(22)13-19(20)23)16-10-6-3-7-11-16/h2-13,22-23H,14H2,1H3. The highest BCUT2D eigenvalue weighted by Gasteiger charge is 2.26. The first-order valence-electron chi connectivity index (χ1n) is 8.01. The van der Waals surface area contributed by atoms with Gasteiger partial charge in [-0.25, -0.2) is 8.42 Å². The Morgan fingerprint density at radius 2 is 1.42 bits per heavy atom. The monoisotopic (exact) mass is 369 g/mol. The SMILES string of the molecule is CN(Cc1ccccc1)S(=O)(=O)c1cc(-c2ccccc2)c(O)cc1O. The second-order valence-corrected chi connectivity index (χ2v) is 7.96. The minimum absolute atomic E-state index is 0.171. The average Bonchev–Trinajstić information content (AvgIpc) is 2.63. The molecular formula is C20H19NO4S. The summed E-state index contributed by atoms with van der Waals surface area (Å²) in [7, 11) is -2.49. The molecule has 2 N–H and O–H groups in total. The Morgan fingerprint density at radius 1 is 0.846 bits per heavy atom. The van der Waals surface area contributed by atoms with Crippen LogP contribution in [0, 0.1) is 0 Å². The van der Waals surface area contributed by atoms with Crippen LogP contribution in [0.2, 0.25) is 0 Å². The first kappa shape index (κ1) is 18.0. The van der Waals surface area contributed by atoms with E-state index >= 15 is 0 Å². The number of hydrogen-bond donors (Lipinski definition) is 2. The van der Waals surface area contributed by atoms with Crippen molar-refractivity contribution < 1.29 is 18.6 Å². The lowest BCUT2D eigenvalue weighted by atomic mass is 10.0. The van der Waals surface area contributed by atoms with E-state index in [1.54, 1.807) is 24.3 Å². The predicted octanol–water partition coefficient (Wildman–Crippen LogP) is 3.59. The van der Waals surface area contributed by atoms with Gasteiger partial charge in [0, 0.05) is 25.2 Å². The third-order valence-corrected chi connectivity index (χ3v) is 5.93. The van der Waals surface area contributed by atoms with E-state index in [-0.39, 0.29) is 17.2 Å². The zero-order chi connectivity index (χ0) is 18.7. The maximum absolute atomic E-state index is 12.9. The summed E-state index contributed by atoms with van der Waals surface area (Å²) in [6.45, 7) is 0.171. The van der Waals surface area contributed by atoms with Crippen molar-refractivity contribution in [3.63, 3.8) is 0 Å². The molecule has 3 aromatic rings. The Labute approximate surface area is 152 Å². The topological polar surface area (TPSA) is 77.8 Å². The Morgan fingerprint density at radius 3 is 2.04 bits per heavy atom. The van der Waals surface area contributed by atoms with Gasteiger partial charge in [-0.05, 0) is 17.2 Å². The molecule has 134 valence electrons. The van der Waals surface area contributed by atoms with Crippen molar-refractivity contribution in [2.75, 3.05) is 7.05 Å². The number of benzene rings is 3. The smallest absolute Gasteiger partial charge is 0.246 e. The Balaban J connectivity index is 2.02. The molecule has 0 fully saturated rings. The van der Waals surface area contributed by atoms with Crippen molar-refractivity contribution in [1.82, 2.24) is 4.31 Å². The van der Waals surface area contributed by atoms with E-state index in [2.05, 4.69) is 0 Å². The first-order chi connectivity index (χ1) is 12.4. The van der Waals surface area contributed by atoms with Gasteiger partial charge in [0.1, 0.15) is 16.4 Å². The van der Waals surface area contributed by atoms with E-state index < -0.39 is 15.8 Å². The fraction of sp³-hybridized carbons (Fsp3) is 0.100. The second-order valence-electron chi connectivity index (χ2n) is 5.95. The lowest BCUT2D eigenvalue weighted by Gasteiger charge is -2.19. The zero-order valence-electron chi connectivity index (χ0n) is 14.2. The van der Waals surface area contributed by atoms with Crippen LogP contribution in [0.4, 0.5) is 0 Å². The maximum Gasteiger partial charge on any atom is 0.246 e. The van der Waals surface area contributed by atoms with Crippen LogP contribution in [-0.2, 0) is 16.6 Å². The van der Waals surface area contributed by atoms with Crippen molar-refractivity contribution in [3.8, 4) is 22.6 Å². The number of hydrogen-bond acceptors (Lipinski definition) is 4. The molecule has 0 atom stereocenters. The molecule has 0 radical (unpaired) electrons. The minimum atomic E-state index is -3.94. The lowest BCUT2D eigenvalue weighted by Crippen LogP contribution is -2.26. The number of sulfonamides is 1. The molecule has 0 spiro atoms. The predicted molar refractivity (Wildman–Crippen MR) is 100 cm³/mol. The van der Waals surface area contributed by atoms with Crippen LogP contribution in [0.5, 0.6) is 11.5 Å². The van der Waals surface area contributed by atoms with Gasteiger partial charge in [-0.3, -0.25) is 0 Å². The third-order valence-electron chi connectivity index (χ3n) is 4.10. The molecule has 0 aliphatic heterocycles. The fourth-order valence-electron chi connectivity index (χ4n) is 2.71. The maximum atomic E-state index is 12.9. The summed E-state index contributed by atoms with van der Waals surface area (Å²) in [5, 5.41) is 20.3. The van der Waals surface area contributed by atoms with Crippen LogP contribution in [0.1, 0.15) is 5.56 Å². The van der Waals surface area contributed by atoms with Gasteiger partial charge in [0.05, 0.1) is 0 Å². The average molecular weight is 369 g/mol. The molecule has 0 unspecified atom stereocenters. The molecule has 0 saturated carbocycles. The van der Waals surface area contributed by atoms with Gasteiger partial charge in [-0.1, -0.05) is 60.7 Å². The molecule has 3 aromatic carbocycles. The molecule has 0 aliphatic rings. The van der Waals surface area contributed by atoms with Gasteiger partial charge in [0.15, 0.2) is 0 Å². The van der Waals surface area contributed by atoms with Crippen LogP contribution in [0.15, 0.2) is 77.7 Å². The minimum Gasteiger partial charge on any atom is -0.507 e. The zero-order valence-corrected chi connectivity index (χ0v) is 15.0. The van der Waals surface area contributed by atoms with E-state index in [0.29, 0.717) is 11.1 Å². The van der Waals surface area contributed by atoms with E-state index in [4.69, 9.17) is 0 Å². The molecule has 0 aliphatic carbocycles. The molecule has 26 heavy (non-hydrogen) atoms. The molecule has 0 heterocycles. The highest BCUT2D eigenvalue weighted by atomic mass is 32.2. The van der Waals surface area contributed by atoms with E-state index in [9.17, 15) is 18.6 Å². The molecule has 3 rings (SSSR count). The number of phenols is 2. The number of phenolic OH excluding ortho intramolecular Hbond substituents is 2. The molecule has 5 nitrogen and oxygen atoms in total. The quantitative estimate of drug-likeness (QED) is 0.720. The molecule has 0 aromatic heterocycles. The van der Waals surface area contributed by atoms with Crippen molar-refractivity contribution in [2.24, 2.45) is 0 Å².